The predicted octanol–water partition coefficient (Wildman–Crippen LogP) is 1.07. The Morgan fingerprint density at radius 1 is 1.10 bits per heavy atom. The lowest BCUT2D eigenvalue weighted by Gasteiger charge is -2.12. The zero-order valence-corrected chi connectivity index (χ0v) is 11.8. The SMILES string of the molecule is CN(C)/C=C/c1cc(=O)n(C)c(=O)n1-c1ccccc1. The maximum Gasteiger partial charge on any atom is 0.335 e. The summed E-state index contributed by atoms with van der Waals surface area (Å²) in [7, 11) is 5.23. The molecule has 2 aromatic rings. The van der Waals surface area contributed by atoms with Crippen LogP contribution in [0.3, 0.4) is 0 Å². The fourth-order valence-electron chi connectivity index (χ4n) is 1.83. The fourth-order valence-corrected chi connectivity index (χ4v) is 1.83. The van der Waals surface area contributed by atoms with Gasteiger partial charge in [-0.05, 0) is 18.2 Å². The number of benzene rings is 1. The predicted molar refractivity (Wildman–Crippen MR) is 80.0 cm³/mol. The van der Waals surface area contributed by atoms with Crippen LogP contribution >= 0.6 is 0 Å². The molecule has 0 radical (unpaired) electrons. The summed E-state index contributed by atoms with van der Waals surface area (Å²) in [5, 5.41) is 0. The Balaban J connectivity index is 2.74. The molecule has 0 amide bonds. The number of hydrogen-bond acceptors (Lipinski definition) is 3. The van der Waals surface area contributed by atoms with Crippen LogP contribution in [0.2, 0.25) is 0 Å². The van der Waals surface area contributed by atoms with Crippen molar-refractivity contribution in [3.05, 3.63) is 69.1 Å². The summed E-state index contributed by atoms with van der Waals surface area (Å²) in [5.74, 6) is 0. The molecule has 104 valence electrons. The van der Waals surface area contributed by atoms with Crippen LogP contribution < -0.4 is 11.2 Å². The first-order valence-electron chi connectivity index (χ1n) is 6.24. The molecule has 5 heteroatoms. The molecule has 0 bridgehead atoms. The smallest absolute Gasteiger partial charge is 0.335 e. The molecule has 5 nitrogen and oxygen atoms in total. The maximum atomic E-state index is 12.3. The topological polar surface area (TPSA) is 47.2 Å². The molecule has 1 aromatic carbocycles. The van der Waals surface area contributed by atoms with Crippen molar-refractivity contribution in [1.29, 1.82) is 0 Å². The lowest BCUT2D eigenvalue weighted by Crippen LogP contribution is -2.37. The molecule has 0 saturated carbocycles. The third-order valence-electron chi connectivity index (χ3n) is 2.90. The van der Waals surface area contributed by atoms with E-state index in [4.69, 9.17) is 0 Å². The van der Waals surface area contributed by atoms with E-state index in [1.54, 1.807) is 12.3 Å². The van der Waals surface area contributed by atoms with Gasteiger partial charge in [0.05, 0.1) is 11.4 Å². The summed E-state index contributed by atoms with van der Waals surface area (Å²) >= 11 is 0. The molecule has 1 aromatic heterocycles. The highest BCUT2D eigenvalue weighted by atomic mass is 16.2. The molecule has 0 aliphatic rings. The molecule has 20 heavy (non-hydrogen) atoms. The highest BCUT2D eigenvalue weighted by molar-refractivity contribution is 5.48. The van der Waals surface area contributed by atoms with Crippen molar-refractivity contribution >= 4 is 6.08 Å². The van der Waals surface area contributed by atoms with Crippen LogP contribution in [-0.2, 0) is 7.05 Å². The van der Waals surface area contributed by atoms with E-state index < -0.39 is 0 Å². The van der Waals surface area contributed by atoms with E-state index >= 15 is 0 Å². The van der Waals surface area contributed by atoms with Crippen LogP contribution in [0, 0.1) is 0 Å². The second-order valence-corrected chi connectivity index (χ2v) is 4.70. The van der Waals surface area contributed by atoms with Crippen LogP contribution in [0.15, 0.2) is 52.2 Å². The van der Waals surface area contributed by atoms with Crippen LogP contribution in [0.4, 0.5) is 0 Å². The standard InChI is InChI=1S/C15H17N3O2/c1-16(2)10-9-13-11-14(19)17(3)15(20)18(13)12-7-5-4-6-8-12/h4-11H,1-3H3/b10-9+. The summed E-state index contributed by atoms with van der Waals surface area (Å²) in [5.41, 5.74) is 0.604. The Bertz CT molecular complexity index is 740. The Morgan fingerprint density at radius 3 is 2.35 bits per heavy atom. The molecule has 0 saturated heterocycles. The summed E-state index contributed by atoms with van der Waals surface area (Å²) in [4.78, 5) is 26.0. The van der Waals surface area contributed by atoms with Gasteiger partial charge in [-0.2, -0.15) is 0 Å². The summed E-state index contributed by atoms with van der Waals surface area (Å²) < 4.78 is 2.61. The maximum absolute atomic E-state index is 12.3. The van der Waals surface area contributed by atoms with Gasteiger partial charge in [-0.3, -0.25) is 13.9 Å². The van der Waals surface area contributed by atoms with Crippen molar-refractivity contribution in [2.45, 2.75) is 0 Å². The molecule has 0 fully saturated rings. The van der Waals surface area contributed by atoms with Gasteiger partial charge in [-0.1, -0.05) is 18.2 Å². The Labute approximate surface area is 117 Å². The fraction of sp³-hybridized carbons (Fsp3) is 0.200. The molecule has 0 atom stereocenters. The van der Waals surface area contributed by atoms with Crippen molar-refractivity contribution in [2.24, 2.45) is 7.05 Å². The largest absolute Gasteiger partial charge is 0.383 e. The molecule has 0 spiro atoms. The average Bonchev–Trinajstić information content (AvgIpc) is 2.43. The highest BCUT2D eigenvalue weighted by Gasteiger charge is 2.08. The molecule has 2 rings (SSSR count). The first-order chi connectivity index (χ1) is 9.50. The molecule has 1 heterocycles. The second kappa shape index (κ2) is 5.61. The minimum absolute atomic E-state index is 0.319. The van der Waals surface area contributed by atoms with Gasteiger partial charge in [-0.15, -0.1) is 0 Å². The minimum Gasteiger partial charge on any atom is -0.383 e. The monoisotopic (exact) mass is 271 g/mol. The Kier molecular flexibility index (Phi) is 3.89. The van der Waals surface area contributed by atoms with E-state index in [1.807, 2.05) is 49.3 Å². The third kappa shape index (κ3) is 2.71. The van der Waals surface area contributed by atoms with E-state index in [0.29, 0.717) is 5.69 Å². The second-order valence-electron chi connectivity index (χ2n) is 4.70. The van der Waals surface area contributed by atoms with E-state index in [9.17, 15) is 9.59 Å². The number of para-hydroxylation sites is 1. The van der Waals surface area contributed by atoms with Crippen LogP contribution in [0.1, 0.15) is 5.69 Å². The quantitative estimate of drug-likeness (QED) is 0.839. The first-order valence-corrected chi connectivity index (χ1v) is 6.24. The van der Waals surface area contributed by atoms with Gasteiger partial charge in [0.2, 0.25) is 0 Å². The van der Waals surface area contributed by atoms with Crippen LogP contribution in [-0.4, -0.2) is 28.1 Å². The van der Waals surface area contributed by atoms with Gasteiger partial charge in [-0.25, -0.2) is 4.79 Å². The van der Waals surface area contributed by atoms with Crippen molar-refractivity contribution in [3.8, 4) is 5.69 Å². The van der Waals surface area contributed by atoms with E-state index in [0.717, 1.165) is 10.3 Å². The molecular formula is C15H17N3O2. The minimum atomic E-state index is -0.359. The van der Waals surface area contributed by atoms with Crippen molar-refractivity contribution in [3.63, 3.8) is 0 Å². The average molecular weight is 271 g/mol. The molecular weight excluding hydrogens is 254 g/mol. The lowest BCUT2D eigenvalue weighted by atomic mass is 10.3. The van der Waals surface area contributed by atoms with Gasteiger partial charge in [0.15, 0.2) is 0 Å². The van der Waals surface area contributed by atoms with Gasteiger partial charge in [0.1, 0.15) is 0 Å². The molecule has 0 unspecified atom stereocenters. The van der Waals surface area contributed by atoms with Crippen LogP contribution in [0.5, 0.6) is 0 Å². The normalized spacial score (nSPS) is 10.9. The number of hydrogen-bond donors (Lipinski definition) is 0. The van der Waals surface area contributed by atoms with Gasteiger partial charge in [0.25, 0.3) is 5.56 Å². The number of nitrogens with zero attached hydrogens (tertiary/aromatic N) is 3. The zero-order chi connectivity index (χ0) is 14.7. The van der Waals surface area contributed by atoms with Crippen molar-refractivity contribution in [1.82, 2.24) is 14.0 Å². The number of aromatic nitrogens is 2. The summed E-state index contributed by atoms with van der Waals surface area (Å²) in [6.45, 7) is 0. The van der Waals surface area contributed by atoms with Gasteiger partial charge < -0.3 is 4.90 Å². The van der Waals surface area contributed by atoms with Crippen molar-refractivity contribution < 1.29 is 0 Å². The molecule has 0 N–H and O–H groups in total. The highest BCUT2D eigenvalue weighted by Crippen LogP contribution is 2.08. The Hall–Kier alpha value is -2.56. The summed E-state index contributed by atoms with van der Waals surface area (Å²) in [6.07, 6.45) is 3.55. The van der Waals surface area contributed by atoms with E-state index in [-0.39, 0.29) is 11.2 Å². The van der Waals surface area contributed by atoms with Crippen LogP contribution in [0.25, 0.3) is 11.8 Å². The number of rotatable bonds is 3. The molecule has 0 aliphatic carbocycles. The van der Waals surface area contributed by atoms with E-state index in [2.05, 4.69) is 0 Å². The Morgan fingerprint density at radius 2 is 1.75 bits per heavy atom. The third-order valence-corrected chi connectivity index (χ3v) is 2.90. The van der Waals surface area contributed by atoms with Gasteiger partial charge in [0, 0.05) is 33.4 Å². The summed E-state index contributed by atoms with van der Waals surface area (Å²) in [6, 6.07) is 10.7. The zero-order valence-electron chi connectivity index (χ0n) is 11.8. The van der Waals surface area contributed by atoms with Crippen molar-refractivity contribution in [2.75, 3.05) is 14.1 Å². The lowest BCUT2D eigenvalue weighted by molar-refractivity contribution is 0.567. The molecule has 0 aliphatic heterocycles. The van der Waals surface area contributed by atoms with Gasteiger partial charge >= 0.3 is 5.69 Å². The van der Waals surface area contributed by atoms with E-state index in [1.165, 1.54) is 17.7 Å². The first kappa shape index (κ1) is 13.9.